The highest BCUT2D eigenvalue weighted by Gasteiger charge is 2.50. The number of sulfonamides is 1. The summed E-state index contributed by atoms with van der Waals surface area (Å²) in [6.45, 7) is 6.73. The van der Waals surface area contributed by atoms with Gasteiger partial charge in [-0.3, -0.25) is 9.59 Å². The van der Waals surface area contributed by atoms with Gasteiger partial charge in [0, 0.05) is 30.7 Å². The predicted octanol–water partition coefficient (Wildman–Crippen LogP) is 3.87. The van der Waals surface area contributed by atoms with Crippen LogP contribution in [0.25, 0.3) is 0 Å². The van der Waals surface area contributed by atoms with Crippen LogP contribution < -0.4 is 10.6 Å². The van der Waals surface area contributed by atoms with Gasteiger partial charge >= 0.3 is 0 Å². The van der Waals surface area contributed by atoms with Gasteiger partial charge in [0.15, 0.2) is 0 Å². The maximum atomic E-state index is 13.2. The van der Waals surface area contributed by atoms with E-state index in [4.69, 9.17) is 0 Å². The number of benzene rings is 1. The Hall–Kier alpha value is -2.19. The quantitative estimate of drug-likeness (QED) is 0.516. The normalized spacial score (nSPS) is 31.1. The summed E-state index contributed by atoms with van der Waals surface area (Å²) in [6, 6.07) is 6.25. The zero-order valence-electron chi connectivity index (χ0n) is 21.3. The van der Waals surface area contributed by atoms with Gasteiger partial charge in [0.2, 0.25) is 15.9 Å². The highest BCUT2D eigenvalue weighted by Crippen LogP contribution is 2.61. The lowest BCUT2D eigenvalue weighted by Gasteiger charge is -2.57. The summed E-state index contributed by atoms with van der Waals surface area (Å²) < 4.78 is 27.8. The molecule has 1 heterocycles. The first-order chi connectivity index (χ1) is 17.1. The van der Waals surface area contributed by atoms with Crippen molar-refractivity contribution in [2.24, 2.45) is 23.2 Å². The van der Waals surface area contributed by atoms with E-state index in [0.717, 1.165) is 24.2 Å². The van der Waals surface area contributed by atoms with E-state index in [2.05, 4.69) is 17.2 Å². The zero-order valence-corrected chi connectivity index (χ0v) is 22.1. The van der Waals surface area contributed by atoms with Gasteiger partial charge in [0.05, 0.1) is 4.90 Å². The Kier molecular flexibility index (Phi) is 6.79. The van der Waals surface area contributed by atoms with Crippen LogP contribution >= 0.6 is 0 Å². The highest BCUT2D eigenvalue weighted by molar-refractivity contribution is 7.89. The molecule has 7 nitrogen and oxygen atoms in total. The SMILES string of the molecule is C=CC(=O)NC1(C)CCN(S(=O)(=O)c2ccc(C(=O)NCCC34CC5CC(CC(C5)C3)C4)cc2)CC1. The van der Waals surface area contributed by atoms with E-state index in [-0.39, 0.29) is 16.7 Å². The Balaban J connectivity index is 1.14. The Morgan fingerprint density at radius 1 is 1.03 bits per heavy atom. The molecular formula is C28H39N3O4S. The first-order valence-electron chi connectivity index (χ1n) is 13.4. The van der Waals surface area contributed by atoms with Crippen LogP contribution in [0.1, 0.15) is 75.1 Å². The number of hydrogen-bond donors (Lipinski definition) is 2. The molecule has 4 saturated carbocycles. The summed E-state index contributed by atoms with van der Waals surface area (Å²) in [4.78, 5) is 24.6. The average molecular weight is 514 g/mol. The standard InChI is InChI=1S/C28H39N3O4S/c1-3-25(32)30-27(2)9-12-31(13-10-27)36(34,35)24-6-4-23(5-7-24)26(33)29-11-8-28-17-20-14-21(18-28)16-22(15-20)19-28/h3-7,20-22H,1,8-19H2,2H3,(H,29,33)(H,30,32). The van der Waals surface area contributed by atoms with Crippen molar-refractivity contribution >= 4 is 21.8 Å². The minimum absolute atomic E-state index is 0.143. The minimum Gasteiger partial charge on any atom is -0.352 e. The van der Waals surface area contributed by atoms with Crippen molar-refractivity contribution in [2.45, 2.75) is 75.1 Å². The third-order valence-electron chi connectivity index (χ3n) is 9.30. The number of rotatable bonds is 8. The molecule has 0 radical (unpaired) electrons. The lowest BCUT2D eigenvalue weighted by atomic mass is 9.49. The second kappa shape index (κ2) is 9.60. The van der Waals surface area contributed by atoms with Crippen molar-refractivity contribution in [3.8, 4) is 0 Å². The van der Waals surface area contributed by atoms with Crippen LogP contribution in [0, 0.1) is 23.2 Å². The van der Waals surface area contributed by atoms with Crippen LogP contribution in [-0.2, 0) is 14.8 Å². The van der Waals surface area contributed by atoms with Crippen molar-refractivity contribution in [3.05, 3.63) is 42.5 Å². The molecule has 196 valence electrons. The molecule has 5 fully saturated rings. The second-order valence-corrected chi connectivity index (χ2v) is 14.0. The Bertz CT molecular complexity index is 1080. The van der Waals surface area contributed by atoms with E-state index >= 15 is 0 Å². The van der Waals surface area contributed by atoms with Gasteiger partial charge in [0.1, 0.15) is 0 Å². The van der Waals surface area contributed by atoms with Gasteiger partial charge in [0.25, 0.3) is 5.91 Å². The van der Waals surface area contributed by atoms with Gasteiger partial charge in [-0.25, -0.2) is 8.42 Å². The van der Waals surface area contributed by atoms with Gasteiger partial charge in [-0.05, 0) is 118 Å². The Morgan fingerprint density at radius 3 is 2.11 bits per heavy atom. The molecule has 8 heteroatoms. The molecule has 1 aromatic rings. The summed E-state index contributed by atoms with van der Waals surface area (Å²) in [5.74, 6) is 2.32. The largest absolute Gasteiger partial charge is 0.352 e. The molecule has 4 aliphatic carbocycles. The predicted molar refractivity (Wildman–Crippen MR) is 139 cm³/mol. The van der Waals surface area contributed by atoms with E-state index < -0.39 is 15.6 Å². The molecule has 6 rings (SSSR count). The third kappa shape index (κ3) is 5.12. The molecule has 0 unspecified atom stereocenters. The van der Waals surface area contributed by atoms with Crippen LogP contribution in [-0.4, -0.2) is 49.7 Å². The Morgan fingerprint density at radius 2 is 1.58 bits per heavy atom. The second-order valence-electron chi connectivity index (χ2n) is 12.1. The van der Waals surface area contributed by atoms with Crippen LogP contribution in [0.5, 0.6) is 0 Å². The van der Waals surface area contributed by atoms with Crippen LogP contribution in [0.15, 0.2) is 41.8 Å². The van der Waals surface area contributed by atoms with Crippen molar-refractivity contribution in [1.82, 2.24) is 14.9 Å². The average Bonchev–Trinajstić information content (AvgIpc) is 2.83. The first kappa shape index (κ1) is 25.5. The van der Waals surface area contributed by atoms with Gasteiger partial charge in [-0.15, -0.1) is 0 Å². The van der Waals surface area contributed by atoms with E-state index in [1.165, 1.54) is 61.0 Å². The molecule has 4 bridgehead atoms. The summed E-state index contributed by atoms with van der Waals surface area (Å²) in [7, 11) is -3.66. The number of nitrogens with zero attached hydrogens (tertiary/aromatic N) is 1. The van der Waals surface area contributed by atoms with Gasteiger partial charge in [-0.2, -0.15) is 4.31 Å². The fraction of sp³-hybridized carbons (Fsp3) is 0.643. The summed E-state index contributed by atoms with van der Waals surface area (Å²) in [5, 5.41) is 5.99. The lowest BCUT2D eigenvalue weighted by Crippen LogP contribution is -2.53. The van der Waals surface area contributed by atoms with Crippen molar-refractivity contribution < 1.29 is 18.0 Å². The smallest absolute Gasteiger partial charge is 0.251 e. The zero-order chi connectivity index (χ0) is 25.6. The molecule has 1 saturated heterocycles. The fourth-order valence-electron chi connectivity index (χ4n) is 7.76. The molecule has 5 aliphatic rings. The maximum absolute atomic E-state index is 13.2. The van der Waals surface area contributed by atoms with E-state index in [1.54, 1.807) is 12.1 Å². The molecule has 36 heavy (non-hydrogen) atoms. The van der Waals surface area contributed by atoms with Gasteiger partial charge < -0.3 is 10.6 Å². The number of amides is 2. The number of nitrogens with one attached hydrogen (secondary N) is 2. The molecule has 1 aliphatic heterocycles. The maximum Gasteiger partial charge on any atom is 0.251 e. The van der Waals surface area contributed by atoms with E-state index in [0.29, 0.717) is 43.5 Å². The van der Waals surface area contributed by atoms with Gasteiger partial charge in [-0.1, -0.05) is 6.58 Å². The van der Waals surface area contributed by atoms with Crippen LogP contribution in [0.2, 0.25) is 0 Å². The molecule has 0 aromatic heterocycles. The molecule has 2 N–H and O–H groups in total. The number of carbonyl (C=O) groups is 2. The summed E-state index contributed by atoms with van der Waals surface area (Å²) in [5.41, 5.74) is 0.465. The molecule has 1 aromatic carbocycles. The van der Waals surface area contributed by atoms with Crippen LogP contribution in [0.4, 0.5) is 0 Å². The summed E-state index contributed by atoms with van der Waals surface area (Å²) >= 11 is 0. The highest BCUT2D eigenvalue weighted by atomic mass is 32.2. The number of hydrogen-bond acceptors (Lipinski definition) is 4. The molecule has 2 amide bonds. The van der Waals surface area contributed by atoms with E-state index in [9.17, 15) is 18.0 Å². The monoisotopic (exact) mass is 513 g/mol. The summed E-state index contributed by atoms with van der Waals surface area (Å²) in [6.07, 6.45) is 11.6. The molecule has 0 spiro atoms. The lowest BCUT2D eigenvalue weighted by molar-refractivity contribution is -0.118. The van der Waals surface area contributed by atoms with Crippen LogP contribution in [0.3, 0.4) is 0 Å². The Labute approximate surface area is 215 Å². The topological polar surface area (TPSA) is 95.6 Å². The number of carbonyl (C=O) groups excluding carboxylic acids is 2. The van der Waals surface area contributed by atoms with Crippen molar-refractivity contribution in [1.29, 1.82) is 0 Å². The minimum atomic E-state index is -3.66. The first-order valence-corrected chi connectivity index (χ1v) is 14.9. The number of piperidine rings is 1. The van der Waals surface area contributed by atoms with Crippen molar-refractivity contribution in [3.63, 3.8) is 0 Å². The molecular weight excluding hydrogens is 474 g/mol. The van der Waals surface area contributed by atoms with Crippen molar-refractivity contribution in [2.75, 3.05) is 19.6 Å². The van der Waals surface area contributed by atoms with E-state index in [1.807, 2.05) is 6.92 Å². The molecule has 0 atom stereocenters. The third-order valence-corrected chi connectivity index (χ3v) is 11.2. The fourth-order valence-corrected chi connectivity index (χ4v) is 9.20.